The van der Waals surface area contributed by atoms with Crippen molar-refractivity contribution in [2.24, 2.45) is 0 Å². The van der Waals surface area contributed by atoms with Gasteiger partial charge in [0.15, 0.2) is 0 Å². The minimum Gasteiger partial charge on any atom is -0.534 e. The monoisotopic (exact) mass is 274 g/mol. The minimum absolute atomic E-state index is 0. The molecule has 0 aliphatic heterocycles. The third-order valence-corrected chi connectivity index (χ3v) is 1.03. The predicted molar refractivity (Wildman–Crippen MR) is 32.7 cm³/mol. The van der Waals surface area contributed by atoms with E-state index >= 15 is 0 Å². The molecular formula is C7H12Y2-2. The summed E-state index contributed by atoms with van der Waals surface area (Å²) in [7, 11) is 0. The van der Waals surface area contributed by atoms with Crippen LogP contribution in [0.5, 0.6) is 0 Å². The largest absolute Gasteiger partial charge is 0.534 e. The van der Waals surface area contributed by atoms with E-state index in [9.17, 15) is 0 Å². The summed E-state index contributed by atoms with van der Waals surface area (Å²) in [6, 6.07) is 0. The van der Waals surface area contributed by atoms with E-state index in [2.05, 4.69) is 26.5 Å². The SMILES string of the molecule is C=[C-]C[C-](C)CC.[Y].[Y]. The summed E-state index contributed by atoms with van der Waals surface area (Å²) in [6.07, 6.45) is 4.94. The molecule has 0 atom stereocenters. The first-order valence-electron chi connectivity index (χ1n) is 2.62. The fourth-order valence-corrected chi connectivity index (χ4v) is 0.338. The molecule has 2 heteroatoms. The van der Waals surface area contributed by atoms with Crippen molar-refractivity contribution in [1.29, 1.82) is 0 Å². The molecule has 0 aliphatic carbocycles. The third kappa shape index (κ3) is 13.0. The zero-order valence-electron chi connectivity index (χ0n) is 6.28. The van der Waals surface area contributed by atoms with E-state index in [0.29, 0.717) is 0 Å². The first kappa shape index (κ1) is 17.2. The Labute approximate surface area is 109 Å². The van der Waals surface area contributed by atoms with Crippen molar-refractivity contribution in [3.05, 3.63) is 18.6 Å². The standard InChI is InChI=1S/C7H12.2Y/c1-4-6-7(3)5-2;;/h1,5-6H2,2-3H3;;/q-2;;. The van der Waals surface area contributed by atoms with Crippen LogP contribution in [0.1, 0.15) is 26.7 Å². The zero-order chi connectivity index (χ0) is 5.70. The van der Waals surface area contributed by atoms with Gasteiger partial charge in [0, 0.05) is 65.4 Å². The molecule has 48 valence electrons. The van der Waals surface area contributed by atoms with E-state index in [0.717, 1.165) is 12.8 Å². The van der Waals surface area contributed by atoms with E-state index < -0.39 is 0 Å². The van der Waals surface area contributed by atoms with Crippen LogP contribution < -0.4 is 0 Å². The number of hydrogen-bond acceptors (Lipinski definition) is 0. The normalized spacial score (nSPS) is 7.44. The van der Waals surface area contributed by atoms with Gasteiger partial charge in [0.05, 0.1) is 0 Å². The fraction of sp³-hybridized carbons (Fsp3) is 0.571. The van der Waals surface area contributed by atoms with Gasteiger partial charge in [0.25, 0.3) is 0 Å². The third-order valence-electron chi connectivity index (χ3n) is 1.03. The van der Waals surface area contributed by atoms with E-state index in [1.54, 1.807) is 0 Å². The van der Waals surface area contributed by atoms with Gasteiger partial charge in [0.2, 0.25) is 0 Å². The maximum absolute atomic E-state index is 3.50. The van der Waals surface area contributed by atoms with Gasteiger partial charge in [-0.3, -0.25) is 6.58 Å². The molecule has 0 N–H and O–H groups in total. The molecule has 0 aromatic heterocycles. The summed E-state index contributed by atoms with van der Waals surface area (Å²) < 4.78 is 0. The predicted octanol–water partition coefficient (Wildman–Crippen LogP) is 2.37. The maximum atomic E-state index is 3.50. The van der Waals surface area contributed by atoms with Crippen LogP contribution in [0.15, 0.2) is 6.58 Å². The van der Waals surface area contributed by atoms with Crippen molar-refractivity contribution in [2.75, 3.05) is 0 Å². The van der Waals surface area contributed by atoms with Gasteiger partial charge >= 0.3 is 0 Å². The van der Waals surface area contributed by atoms with Gasteiger partial charge in [-0.05, 0) is 0 Å². The Bertz CT molecular complexity index is 52.9. The quantitative estimate of drug-likeness (QED) is 0.693. The van der Waals surface area contributed by atoms with Crippen molar-refractivity contribution in [3.63, 3.8) is 0 Å². The topological polar surface area (TPSA) is 0 Å². The van der Waals surface area contributed by atoms with Crippen LogP contribution in [0, 0.1) is 12.0 Å². The van der Waals surface area contributed by atoms with Crippen LogP contribution in [-0.4, -0.2) is 0 Å². The van der Waals surface area contributed by atoms with Crippen molar-refractivity contribution in [3.8, 4) is 0 Å². The van der Waals surface area contributed by atoms with Gasteiger partial charge in [0.1, 0.15) is 0 Å². The van der Waals surface area contributed by atoms with Gasteiger partial charge in [-0.15, -0.1) is 0 Å². The maximum Gasteiger partial charge on any atom is 0 e. The molecular weight excluding hydrogens is 262 g/mol. The Hall–Kier alpha value is 1.95. The van der Waals surface area contributed by atoms with Crippen molar-refractivity contribution < 1.29 is 65.4 Å². The summed E-state index contributed by atoms with van der Waals surface area (Å²) >= 11 is 0. The summed E-state index contributed by atoms with van der Waals surface area (Å²) in [6.45, 7) is 7.77. The Balaban J connectivity index is -0.000000180. The molecule has 9 heavy (non-hydrogen) atoms. The molecule has 0 saturated heterocycles. The molecule has 0 unspecified atom stereocenters. The minimum atomic E-state index is 0. The first-order chi connectivity index (χ1) is 3.31. The van der Waals surface area contributed by atoms with Crippen LogP contribution in [0.3, 0.4) is 0 Å². The van der Waals surface area contributed by atoms with Gasteiger partial charge in [-0.2, -0.15) is 13.3 Å². The molecule has 0 amide bonds. The average molecular weight is 274 g/mol. The molecule has 0 spiro atoms. The molecule has 0 saturated carbocycles. The number of rotatable bonds is 3. The summed E-state index contributed by atoms with van der Waals surface area (Å²) in [5, 5.41) is 0. The number of allylic oxidation sites excluding steroid dienone is 1. The fourth-order valence-electron chi connectivity index (χ4n) is 0.338. The number of hydrogen-bond donors (Lipinski definition) is 0. The Kier molecular flexibility index (Phi) is 24.0. The van der Waals surface area contributed by atoms with Crippen LogP contribution in [-0.2, 0) is 65.4 Å². The summed E-state index contributed by atoms with van der Waals surface area (Å²) in [5.74, 6) is 1.45. The second kappa shape index (κ2) is 12.6. The van der Waals surface area contributed by atoms with Crippen LogP contribution in [0.4, 0.5) is 0 Å². The van der Waals surface area contributed by atoms with Crippen LogP contribution in [0.2, 0.25) is 0 Å². The second-order valence-electron chi connectivity index (χ2n) is 1.74. The van der Waals surface area contributed by atoms with E-state index in [4.69, 9.17) is 0 Å². The molecule has 0 heterocycles. The summed E-state index contributed by atoms with van der Waals surface area (Å²) in [5.41, 5.74) is 0. The smallest absolute Gasteiger partial charge is 0 e. The zero-order valence-corrected chi connectivity index (χ0v) is 12.0. The Morgan fingerprint density at radius 2 is 1.89 bits per heavy atom. The Morgan fingerprint density at radius 3 is 2.00 bits per heavy atom. The van der Waals surface area contributed by atoms with Gasteiger partial charge < -0.3 is 18.4 Å². The molecule has 0 bridgehead atoms. The Morgan fingerprint density at radius 1 is 1.44 bits per heavy atom. The molecule has 0 aromatic rings. The summed E-state index contributed by atoms with van der Waals surface area (Å²) in [4.78, 5) is 0. The average Bonchev–Trinajstić information content (AvgIpc) is 1.68. The first-order valence-corrected chi connectivity index (χ1v) is 2.62. The molecule has 0 fully saturated rings. The van der Waals surface area contributed by atoms with E-state index in [-0.39, 0.29) is 65.4 Å². The van der Waals surface area contributed by atoms with Gasteiger partial charge in [-0.25, -0.2) is 0 Å². The van der Waals surface area contributed by atoms with Crippen molar-refractivity contribution in [2.45, 2.75) is 26.7 Å². The molecule has 2 radical (unpaired) electrons. The molecule has 0 aliphatic rings. The van der Waals surface area contributed by atoms with Crippen molar-refractivity contribution in [1.82, 2.24) is 0 Å². The second-order valence-corrected chi connectivity index (χ2v) is 1.74. The molecule has 0 aromatic carbocycles. The van der Waals surface area contributed by atoms with Crippen LogP contribution >= 0.6 is 0 Å². The van der Waals surface area contributed by atoms with E-state index in [1.807, 2.05) is 0 Å². The molecule has 0 nitrogen and oxygen atoms in total. The van der Waals surface area contributed by atoms with Crippen molar-refractivity contribution >= 4 is 0 Å². The van der Waals surface area contributed by atoms with Gasteiger partial charge in [-0.1, -0.05) is 6.92 Å². The molecule has 0 rings (SSSR count). The van der Waals surface area contributed by atoms with E-state index in [1.165, 1.54) is 5.92 Å². The van der Waals surface area contributed by atoms with Crippen LogP contribution in [0.25, 0.3) is 0 Å².